The quantitative estimate of drug-likeness (QED) is 0.773. The van der Waals surface area contributed by atoms with E-state index in [2.05, 4.69) is 17.2 Å². The van der Waals surface area contributed by atoms with Gasteiger partial charge in [-0.25, -0.2) is 9.37 Å². The zero-order chi connectivity index (χ0) is 11.4. The molecule has 0 aliphatic heterocycles. The van der Waals surface area contributed by atoms with Crippen LogP contribution in [0.5, 0.6) is 0 Å². The van der Waals surface area contributed by atoms with E-state index in [-0.39, 0.29) is 5.82 Å². The highest BCUT2D eigenvalue weighted by atomic mass is 19.1. The predicted molar refractivity (Wildman–Crippen MR) is 63.9 cm³/mol. The average Bonchev–Trinajstić information content (AvgIpc) is 2.47. The van der Waals surface area contributed by atoms with Gasteiger partial charge in [0.05, 0.1) is 6.20 Å². The summed E-state index contributed by atoms with van der Waals surface area (Å²) in [6.07, 6.45) is 7.54. The average molecular weight is 222 g/mol. The first-order chi connectivity index (χ1) is 7.74. The first kappa shape index (κ1) is 11.4. The number of nitrogens with one attached hydrogen (secondary N) is 1. The smallest absolute Gasteiger partial charge is 0.141 e. The highest BCUT2D eigenvalue weighted by molar-refractivity contribution is 5.34. The molecule has 2 atom stereocenters. The zero-order valence-corrected chi connectivity index (χ0v) is 9.75. The summed E-state index contributed by atoms with van der Waals surface area (Å²) >= 11 is 0. The fraction of sp³-hybridized carbons (Fsp3) is 0.615. The lowest BCUT2D eigenvalue weighted by Crippen LogP contribution is -2.19. The van der Waals surface area contributed by atoms with E-state index in [1.54, 1.807) is 6.07 Å². The molecule has 1 N–H and O–H groups in total. The Morgan fingerprint density at radius 1 is 1.25 bits per heavy atom. The second kappa shape index (κ2) is 5.28. The lowest BCUT2D eigenvalue weighted by molar-refractivity contribution is 0.502. The third-order valence-electron chi connectivity index (χ3n) is 3.34. The lowest BCUT2D eigenvalue weighted by atomic mass is 10.0. The monoisotopic (exact) mass is 222 g/mol. The zero-order valence-electron chi connectivity index (χ0n) is 9.75. The molecule has 1 saturated carbocycles. The van der Waals surface area contributed by atoms with Crippen molar-refractivity contribution in [2.45, 2.75) is 45.1 Å². The number of rotatable bonds is 2. The van der Waals surface area contributed by atoms with E-state index in [0.717, 1.165) is 11.7 Å². The molecule has 1 fully saturated rings. The topological polar surface area (TPSA) is 24.9 Å². The molecule has 16 heavy (non-hydrogen) atoms. The Morgan fingerprint density at radius 3 is 2.88 bits per heavy atom. The SMILES string of the molecule is CC1CCCC(Nc2ccc(F)cn2)CC1. The van der Waals surface area contributed by atoms with Gasteiger partial charge < -0.3 is 5.32 Å². The van der Waals surface area contributed by atoms with Crippen molar-refractivity contribution in [3.05, 3.63) is 24.1 Å². The summed E-state index contributed by atoms with van der Waals surface area (Å²) in [5.41, 5.74) is 0. The summed E-state index contributed by atoms with van der Waals surface area (Å²) < 4.78 is 12.7. The summed E-state index contributed by atoms with van der Waals surface area (Å²) in [6.45, 7) is 2.32. The number of anilines is 1. The molecule has 0 spiro atoms. The van der Waals surface area contributed by atoms with Crippen LogP contribution in [0.4, 0.5) is 10.2 Å². The van der Waals surface area contributed by atoms with Gasteiger partial charge >= 0.3 is 0 Å². The number of nitrogens with zero attached hydrogens (tertiary/aromatic N) is 1. The molecule has 0 amide bonds. The van der Waals surface area contributed by atoms with Gasteiger partial charge in [-0.2, -0.15) is 0 Å². The van der Waals surface area contributed by atoms with Gasteiger partial charge in [-0.05, 0) is 37.3 Å². The van der Waals surface area contributed by atoms with Crippen LogP contribution in [0.1, 0.15) is 39.0 Å². The van der Waals surface area contributed by atoms with Gasteiger partial charge in [0, 0.05) is 6.04 Å². The Kier molecular flexibility index (Phi) is 3.75. The van der Waals surface area contributed by atoms with E-state index in [1.165, 1.54) is 44.4 Å². The minimum atomic E-state index is -0.278. The number of hydrogen-bond donors (Lipinski definition) is 1. The van der Waals surface area contributed by atoms with Crippen molar-refractivity contribution in [2.24, 2.45) is 5.92 Å². The maximum atomic E-state index is 12.7. The van der Waals surface area contributed by atoms with Crippen molar-refractivity contribution < 1.29 is 4.39 Å². The van der Waals surface area contributed by atoms with E-state index in [9.17, 15) is 4.39 Å². The molecule has 0 radical (unpaired) electrons. The van der Waals surface area contributed by atoms with Gasteiger partial charge in [0.1, 0.15) is 11.6 Å². The number of hydrogen-bond acceptors (Lipinski definition) is 2. The van der Waals surface area contributed by atoms with Crippen LogP contribution in [0.3, 0.4) is 0 Å². The van der Waals surface area contributed by atoms with E-state index in [0.29, 0.717) is 6.04 Å². The van der Waals surface area contributed by atoms with Crippen molar-refractivity contribution >= 4 is 5.82 Å². The van der Waals surface area contributed by atoms with E-state index in [1.807, 2.05) is 0 Å². The summed E-state index contributed by atoms with van der Waals surface area (Å²) in [4.78, 5) is 4.04. The van der Waals surface area contributed by atoms with Crippen LogP contribution < -0.4 is 5.32 Å². The molecule has 1 aliphatic rings. The van der Waals surface area contributed by atoms with Crippen LogP contribution in [0, 0.1) is 11.7 Å². The first-order valence-corrected chi connectivity index (χ1v) is 6.12. The standard InChI is InChI=1S/C13H19FN2/c1-10-3-2-4-12(7-5-10)16-13-8-6-11(14)9-15-13/h6,8-10,12H,2-5,7H2,1H3,(H,15,16). The van der Waals surface area contributed by atoms with E-state index >= 15 is 0 Å². The van der Waals surface area contributed by atoms with Crippen molar-refractivity contribution in [2.75, 3.05) is 5.32 Å². The van der Waals surface area contributed by atoms with Crippen LogP contribution in [0.25, 0.3) is 0 Å². The molecule has 2 unspecified atom stereocenters. The summed E-state index contributed by atoms with van der Waals surface area (Å²) in [6, 6.07) is 3.67. The fourth-order valence-corrected chi connectivity index (χ4v) is 2.30. The van der Waals surface area contributed by atoms with Gasteiger partial charge in [0.15, 0.2) is 0 Å². The van der Waals surface area contributed by atoms with Crippen LogP contribution in [-0.4, -0.2) is 11.0 Å². The molecule has 2 nitrogen and oxygen atoms in total. The Labute approximate surface area is 96.3 Å². The first-order valence-electron chi connectivity index (χ1n) is 6.12. The van der Waals surface area contributed by atoms with Crippen molar-refractivity contribution in [3.63, 3.8) is 0 Å². The minimum Gasteiger partial charge on any atom is -0.367 e. The maximum Gasteiger partial charge on any atom is 0.141 e. The fourth-order valence-electron chi connectivity index (χ4n) is 2.30. The highest BCUT2D eigenvalue weighted by Crippen LogP contribution is 2.24. The molecule has 0 aromatic carbocycles. The number of pyridine rings is 1. The van der Waals surface area contributed by atoms with Gasteiger partial charge in [-0.3, -0.25) is 0 Å². The molecule has 1 aromatic heterocycles. The van der Waals surface area contributed by atoms with Crippen LogP contribution >= 0.6 is 0 Å². The Bertz CT molecular complexity index is 323. The molecule has 0 bridgehead atoms. The van der Waals surface area contributed by atoms with Gasteiger partial charge in [0.25, 0.3) is 0 Å². The highest BCUT2D eigenvalue weighted by Gasteiger charge is 2.16. The van der Waals surface area contributed by atoms with Gasteiger partial charge in [-0.15, -0.1) is 0 Å². The second-order valence-corrected chi connectivity index (χ2v) is 4.82. The van der Waals surface area contributed by atoms with Crippen molar-refractivity contribution in [1.29, 1.82) is 0 Å². The molecule has 1 heterocycles. The van der Waals surface area contributed by atoms with Crippen LogP contribution in [-0.2, 0) is 0 Å². The molecule has 0 saturated heterocycles. The maximum absolute atomic E-state index is 12.7. The normalized spacial score (nSPS) is 26.1. The number of halogens is 1. The Morgan fingerprint density at radius 2 is 2.12 bits per heavy atom. The summed E-state index contributed by atoms with van der Waals surface area (Å²) in [5, 5.41) is 3.39. The molecule has 1 aliphatic carbocycles. The molecule has 1 aromatic rings. The van der Waals surface area contributed by atoms with Crippen LogP contribution in [0.15, 0.2) is 18.3 Å². The van der Waals surface area contributed by atoms with E-state index < -0.39 is 0 Å². The van der Waals surface area contributed by atoms with E-state index in [4.69, 9.17) is 0 Å². The second-order valence-electron chi connectivity index (χ2n) is 4.82. The minimum absolute atomic E-state index is 0.278. The van der Waals surface area contributed by atoms with Gasteiger partial charge in [-0.1, -0.05) is 19.8 Å². The van der Waals surface area contributed by atoms with Gasteiger partial charge in [0.2, 0.25) is 0 Å². The molecule has 88 valence electrons. The summed E-state index contributed by atoms with van der Waals surface area (Å²) in [5.74, 6) is 1.36. The predicted octanol–water partition coefficient (Wildman–Crippen LogP) is 3.60. The Balaban J connectivity index is 1.91. The third kappa shape index (κ3) is 3.19. The molecular formula is C13H19FN2. The lowest BCUT2D eigenvalue weighted by Gasteiger charge is -2.16. The van der Waals surface area contributed by atoms with Crippen LogP contribution in [0.2, 0.25) is 0 Å². The Hall–Kier alpha value is -1.12. The van der Waals surface area contributed by atoms with Crippen molar-refractivity contribution in [1.82, 2.24) is 4.98 Å². The molecule has 2 rings (SSSR count). The molecular weight excluding hydrogens is 203 g/mol. The summed E-state index contributed by atoms with van der Waals surface area (Å²) in [7, 11) is 0. The number of aromatic nitrogens is 1. The largest absolute Gasteiger partial charge is 0.367 e. The van der Waals surface area contributed by atoms with Crippen molar-refractivity contribution in [3.8, 4) is 0 Å². The molecule has 3 heteroatoms. The third-order valence-corrected chi connectivity index (χ3v) is 3.34.